The highest BCUT2D eigenvalue weighted by Gasteiger charge is 2.23. The van der Waals surface area contributed by atoms with Crippen LogP contribution in [0.25, 0.3) is 0 Å². The van der Waals surface area contributed by atoms with Crippen LogP contribution in [0.15, 0.2) is 12.1 Å². The van der Waals surface area contributed by atoms with Crippen LogP contribution in [-0.2, 0) is 0 Å². The number of hydrogen-bond acceptors (Lipinski definition) is 4. The van der Waals surface area contributed by atoms with Crippen LogP contribution in [0.4, 0.5) is 0 Å². The minimum absolute atomic E-state index is 0.343. The predicted molar refractivity (Wildman–Crippen MR) is 65.5 cm³/mol. The standard InChI is InChI=1S/C13H18N2O2/c1-9-5-12-13(17-8-16-12)6-10(9)11-7-15(2)4-3-14-11/h5-6,11,14H,3-4,7-8H2,1-2H3. The maximum atomic E-state index is 5.45. The van der Waals surface area contributed by atoms with Crippen LogP contribution in [-0.4, -0.2) is 38.4 Å². The summed E-state index contributed by atoms with van der Waals surface area (Å²) in [5.41, 5.74) is 2.59. The van der Waals surface area contributed by atoms with Crippen LogP contribution in [0.3, 0.4) is 0 Å². The van der Waals surface area contributed by atoms with Gasteiger partial charge in [-0.2, -0.15) is 0 Å². The Bertz CT molecular complexity index is 434. The van der Waals surface area contributed by atoms with Crippen molar-refractivity contribution < 1.29 is 9.47 Å². The van der Waals surface area contributed by atoms with Gasteiger partial charge in [0.2, 0.25) is 6.79 Å². The maximum Gasteiger partial charge on any atom is 0.231 e. The van der Waals surface area contributed by atoms with E-state index in [0.29, 0.717) is 12.8 Å². The molecule has 1 aromatic carbocycles. The van der Waals surface area contributed by atoms with E-state index in [1.165, 1.54) is 11.1 Å². The molecule has 4 heteroatoms. The highest BCUT2D eigenvalue weighted by atomic mass is 16.7. The molecule has 0 bridgehead atoms. The van der Waals surface area contributed by atoms with Gasteiger partial charge < -0.3 is 19.7 Å². The number of likely N-dealkylation sites (N-methyl/N-ethyl adjacent to an activating group) is 1. The molecule has 0 aliphatic carbocycles. The number of nitrogens with one attached hydrogen (secondary N) is 1. The predicted octanol–water partition coefficient (Wildman–Crippen LogP) is 1.30. The van der Waals surface area contributed by atoms with E-state index in [2.05, 4.69) is 36.3 Å². The Morgan fingerprint density at radius 2 is 2.06 bits per heavy atom. The molecule has 2 heterocycles. The quantitative estimate of drug-likeness (QED) is 0.794. The summed E-state index contributed by atoms with van der Waals surface area (Å²) in [5, 5.41) is 3.56. The van der Waals surface area contributed by atoms with E-state index in [9.17, 15) is 0 Å². The molecular formula is C13H18N2O2. The molecular weight excluding hydrogens is 216 g/mol. The Kier molecular flexibility index (Phi) is 2.68. The van der Waals surface area contributed by atoms with Gasteiger partial charge in [0.05, 0.1) is 0 Å². The monoisotopic (exact) mass is 234 g/mol. The fourth-order valence-corrected chi connectivity index (χ4v) is 2.54. The van der Waals surface area contributed by atoms with Crippen LogP contribution in [0, 0.1) is 6.92 Å². The third-order valence-corrected chi connectivity index (χ3v) is 3.52. The molecule has 0 radical (unpaired) electrons. The largest absolute Gasteiger partial charge is 0.454 e. The zero-order valence-corrected chi connectivity index (χ0v) is 10.3. The summed E-state index contributed by atoms with van der Waals surface area (Å²) >= 11 is 0. The van der Waals surface area contributed by atoms with Gasteiger partial charge in [0.1, 0.15) is 0 Å². The number of hydrogen-bond donors (Lipinski definition) is 1. The topological polar surface area (TPSA) is 33.7 Å². The summed E-state index contributed by atoms with van der Waals surface area (Å²) in [6.45, 7) is 5.67. The molecule has 1 unspecified atom stereocenters. The van der Waals surface area contributed by atoms with Gasteiger partial charge in [-0.25, -0.2) is 0 Å². The van der Waals surface area contributed by atoms with Gasteiger partial charge >= 0.3 is 0 Å². The third kappa shape index (κ3) is 1.98. The summed E-state index contributed by atoms with van der Waals surface area (Å²) in [5.74, 6) is 1.75. The minimum Gasteiger partial charge on any atom is -0.454 e. The molecule has 92 valence electrons. The first-order valence-electron chi connectivity index (χ1n) is 6.06. The van der Waals surface area contributed by atoms with E-state index < -0.39 is 0 Å². The van der Waals surface area contributed by atoms with Crippen molar-refractivity contribution >= 4 is 0 Å². The van der Waals surface area contributed by atoms with E-state index in [1.807, 2.05) is 0 Å². The van der Waals surface area contributed by atoms with Gasteiger partial charge in [0.25, 0.3) is 0 Å². The van der Waals surface area contributed by atoms with Crippen molar-refractivity contribution in [1.29, 1.82) is 0 Å². The Morgan fingerprint density at radius 1 is 1.29 bits per heavy atom. The SMILES string of the molecule is Cc1cc2c(cc1C1CN(C)CCN1)OCO2. The van der Waals surface area contributed by atoms with Crippen molar-refractivity contribution in [1.82, 2.24) is 10.2 Å². The minimum atomic E-state index is 0.343. The fraction of sp³-hybridized carbons (Fsp3) is 0.538. The normalized spacial score (nSPS) is 24.0. The lowest BCUT2D eigenvalue weighted by Gasteiger charge is -2.32. The fourth-order valence-electron chi connectivity index (χ4n) is 2.54. The van der Waals surface area contributed by atoms with Crippen LogP contribution in [0.2, 0.25) is 0 Å². The second-order valence-corrected chi connectivity index (χ2v) is 4.83. The maximum absolute atomic E-state index is 5.45. The van der Waals surface area contributed by atoms with Crippen molar-refractivity contribution in [3.8, 4) is 11.5 Å². The summed E-state index contributed by atoms with van der Waals surface area (Å²) in [6.07, 6.45) is 0. The average molecular weight is 234 g/mol. The number of benzene rings is 1. The van der Waals surface area contributed by atoms with Crippen molar-refractivity contribution in [2.75, 3.05) is 33.5 Å². The first-order chi connectivity index (χ1) is 8.24. The smallest absolute Gasteiger partial charge is 0.231 e. The van der Waals surface area contributed by atoms with E-state index in [1.54, 1.807) is 0 Å². The van der Waals surface area contributed by atoms with Gasteiger partial charge in [-0.15, -0.1) is 0 Å². The first-order valence-corrected chi connectivity index (χ1v) is 6.06. The number of rotatable bonds is 1. The molecule has 0 aromatic heterocycles. The number of piperazine rings is 1. The Morgan fingerprint density at radius 3 is 2.82 bits per heavy atom. The molecule has 3 rings (SSSR count). The van der Waals surface area contributed by atoms with Crippen LogP contribution in [0.5, 0.6) is 11.5 Å². The second-order valence-electron chi connectivity index (χ2n) is 4.83. The molecule has 1 saturated heterocycles. The van der Waals surface area contributed by atoms with Crippen molar-refractivity contribution in [3.63, 3.8) is 0 Å². The molecule has 17 heavy (non-hydrogen) atoms. The van der Waals surface area contributed by atoms with Gasteiger partial charge in [-0.05, 0) is 37.2 Å². The molecule has 1 fully saturated rings. The summed E-state index contributed by atoms with van der Waals surface area (Å²) < 4.78 is 10.8. The lowest BCUT2D eigenvalue weighted by Crippen LogP contribution is -2.43. The lowest BCUT2D eigenvalue weighted by atomic mass is 9.99. The van der Waals surface area contributed by atoms with E-state index >= 15 is 0 Å². The van der Waals surface area contributed by atoms with Crippen LogP contribution < -0.4 is 14.8 Å². The Hall–Kier alpha value is -1.26. The lowest BCUT2D eigenvalue weighted by molar-refractivity contribution is 0.174. The van der Waals surface area contributed by atoms with Gasteiger partial charge in [0.15, 0.2) is 11.5 Å². The Balaban J connectivity index is 1.91. The zero-order chi connectivity index (χ0) is 11.8. The number of fused-ring (bicyclic) bond motifs is 1. The number of nitrogens with zero attached hydrogens (tertiary/aromatic N) is 1. The molecule has 1 N–H and O–H groups in total. The van der Waals surface area contributed by atoms with E-state index in [0.717, 1.165) is 31.1 Å². The van der Waals surface area contributed by atoms with Crippen molar-refractivity contribution in [3.05, 3.63) is 23.3 Å². The van der Waals surface area contributed by atoms with E-state index in [-0.39, 0.29) is 0 Å². The highest BCUT2D eigenvalue weighted by Crippen LogP contribution is 2.36. The second kappa shape index (κ2) is 4.20. The van der Waals surface area contributed by atoms with Crippen molar-refractivity contribution in [2.45, 2.75) is 13.0 Å². The van der Waals surface area contributed by atoms with Gasteiger partial charge in [0, 0.05) is 25.7 Å². The first kappa shape index (κ1) is 10.9. The number of aryl methyl sites for hydroxylation is 1. The average Bonchev–Trinajstić information content (AvgIpc) is 2.75. The third-order valence-electron chi connectivity index (χ3n) is 3.52. The van der Waals surface area contributed by atoms with Gasteiger partial charge in [-0.3, -0.25) is 0 Å². The molecule has 1 aromatic rings. The summed E-state index contributed by atoms with van der Waals surface area (Å²) in [7, 11) is 2.16. The number of ether oxygens (including phenoxy) is 2. The molecule has 0 amide bonds. The molecule has 4 nitrogen and oxygen atoms in total. The van der Waals surface area contributed by atoms with Crippen LogP contribution >= 0.6 is 0 Å². The summed E-state index contributed by atoms with van der Waals surface area (Å²) in [4.78, 5) is 2.35. The van der Waals surface area contributed by atoms with Gasteiger partial charge in [-0.1, -0.05) is 0 Å². The zero-order valence-electron chi connectivity index (χ0n) is 10.3. The molecule has 1 atom stereocenters. The molecule has 0 spiro atoms. The molecule has 2 aliphatic heterocycles. The van der Waals surface area contributed by atoms with Crippen LogP contribution in [0.1, 0.15) is 17.2 Å². The highest BCUT2D eigenvalue weighted by molar-refractivity contribution is 5.49. The summed E-state index contributed by atoms with van der Waals surface area (Å²) in [6, 6.07) is 4.59. The molecule has 0 saturated carbocycles. The van der Waals surface area contributed by atoms with Crippen molar-refractivity contribution in [2.24, 2.45) is 0 Å². The Labute approximate surface area is 102 Å². The van der Waals surface area contributed by atoms with E-state index in [4.69, 9.17) is 9.47 Å². The molecule has 2 aliphatic rings.